The van der Waals surface area contributed by atoms with Crippen molar-refractivity contribution >= 4 is 17.4 Å². The minimum Gasteiger partial charge on any atom is -0.497 e. The zero-order valence-electron chi connectivity index (χ0n) is 11.9. The normalized spacial score (nSPS) is 13.7. The predicted octanol–water partition coefficient (Wildman–Crippen LogP) is 3.45. The summed E-state index contributed by atoms with van der Waals surface area (Å²) in [6, 6.07) is 9.69. The molecule has 1 aromatic heterocycles. The average molecular weight is 303 g/mol. The summed E-state index contributed by atoms with van der Waals surface area (Å²) in [6.07, 6.45) is 0.657. The fourth-order valence-corrected chi connectivity index (χ4v) is 3.34. The summed E-state index contributed by atoms with van der Waals surface area (Å²) in [5, 5.41) is 2.08. The Kier molecular flexibility index (Phi) is 4.10. The molecule has 3 rings (SSSR count). The van der Waals surface area contributed by atoms with E-state index in [9.17, 15) is 4.79 Å². The summed E-state index contributed by atoms with van der Waals surface area (Å²) >= 11 is 1.70. The molecule has 0 saturated heterocycles. The number of amides is 1. The van der Waals surface area contributed by atoms with E-state index in [4.69, 9.17) is 9.47 Å². The highest BCUT2D eigenvalue weighted by Gasteiger charge is 2.22. The van der Waals surface area contributed by atoms with Gasteiger partial charge in [0.2, 0.25) is 0 Å². The Hall–Kier alpha value is -2.01. The number of rotatable bonds is 3. The molecular formula is C16H17NO3S. The molecule has 4 nitrogen and oxygen atoms in total. The second-order valence-electron chi connectivity index (χ2n) is 4.95. The van der Waals surface area contributed by atoms with Crippen LogP contribution in [0.2, 0.25) is 0 Å². The van der Waals surface area contributed by atoms with Gasteiger partial charge in [0.1, 0.15) is 12.4 Å². The van der Waals surface area contributed by atoms with Crippen molar-refractivity contribution in [2.75, 3.05) is 13.7 Å². The number of hydrogen-bond donors (Lipinski definition) is 0. The van der Waals surface area contributed by atoms with Crippen molar-refractivity contribution in [2.45, 2.75) is 19.6 Å². The monoisotopic (exact) mass is 303 g/mol. The van der Waals surface area contributed by atoms with Crippen molar-refractivity contribution in [3.05, 3.63) is 51.7 Å². The van der Waals surface area contributed by atoms with Crippen LogP contribution in [0.25, 0.3) is 0 Å². The van der Waals surface area contributed by atoms with Gasteiger partial charge in [0, 0.05) is 11.4 Å². The molecule has 0 radical (unpaired) electrons. The van der Waals surface area contributed by atoms with Crippen LogP contribution in [0, 0.1) is 0 Å². The SMILES string of the molecule is COc1cccc(COC(=O)N2CCc3ccsc3C2)c1. The first-order valence-electron chi connectivity index (χ1n) is 6.86. The number of methoxy groups -OCH3 is 1. The third-order valence-corrected chi connectivity index (χ3v) is 4.53. The molecule has 0 spiro atoms. The highest BCUT2D eigenvalue weighted by molar-refractivity contribution is 7.10. The van der Waals surface area contributed by atoms with Gasteiger partial charge in [-0.15, -0.1) is 11.3 Å². The standard InChI is InChI=1S/C16H17NO3S/c1-19-14-4-2-3-12(9-14)11-20-16(18)17-7-5-13-6-8-21-15(13)10-17/h2-4,6,8-9H,5,7,10-11H2,1H3. The zero-order valence-corrected chi connectivity index (χ0v) is 12.7. The van der Waals surface area contributed by atoms with Crippen LogP contribution >= 0.6 is 11.3 Å². The van der Waals surface area contributed by atoms with Crippen LogP contribution in [0.15, 0.2) is 35.7 Å². The summed E-state index contributed by atoms with van der Waals surface area (Å²) in [5.74, 6) is 0.768. The van der Waals surface area contributed by atoms with Crippen molar-refractivity contribution in [1.82, 2.24) is 4.90 Å². The van der Waals surface area contributed by atoms with Gasteiger partial charge in [-0.3, -0.25) is 0 Å². The van der Waals surface area contributed by atoms with E-state index in [1.54, 1.807) is 23.3 Å². The molecule has 0 atom stereocenters. The van der Waals surface area contributed by atoms with Gasteiger partial charge >= 0.3 is 6.09 Å². The Bertz CT molecular complexity index is 638. The lowest BCUT2D eigenvalue weighted by molar-refractivity contribution is 0.0923. The predicted molar refractivity (Wildman–Crippen MR) is 81.6 cm³/mol. The van der Waals surface area contributed by atoms with E-state index < -0.39 is 0 Å². The van der Waals surface area contributed by atoms with E-state index >= 15 is 0 Å². The summed E-state index contributed by atoms with van der Waals surface area (Å²) in [7, 11) is 1.62. The second kappa shape index (κ2) is 6.18. The highest BCUT2D eigenvalue weighted by Crippen LogP contribution is 2.24. The van der Waals surface area contributed by atoms with Gasteiger partial charge in [-0.2, -0.15) is 0 Å². The van der Waals surface area contributed by atoms with Crippen LogP contribution in [0.3, 0.4) is 0 Å². The number of fused-ring (bicyclic) bond motifs is 1. The molecule has 21 heavy (non-hydrogen) atoms. The van der Waals surface area contributed by atoms with Crippen LogP contribution in [0.4, 0.5) is 4.79 Å². The summed E-state index contributed by atoms with van der Waals surface area (Å²) in [5.41, 5.74) is 2.29. The molecule has 0 bridgehead atoms. The number of carbonyl (C=O) groups excluding carboxylic acids is 1. The minimum atomic E-state index is -0.253. The van der Waals surface area contributed by atoms with E-state index in [2.05, 4.69) is 11.4 Å². The lowest BCUT2D eigenvalue weighted by atomic mass is 10.1. The number of thiophene rings is 1. The molecule has 2 aromatic rings. The first-order valence-corrected chi connectivity index (χ1v) is 7.74. The first-order chi connectivity index (χ1) is 10.3. The second-order valence-corrected chi connectivity index (χ2v) is 5.95. The zero-order chi connectivity index (χ0) is 14.7. The summed E-state index contributed by atoms with van der Waals surface area (Å²) in [4.78, 5) is 15.2. The number of benzene rings is 1. The van der Waals surface area contributed by atoms with E-state index in [0.717, 1.165) is 24.3 Å². The lowest BCUT2D eigenvalue weighted by Gasteiger charge is -2.26. The first kappa shape index (κ1) is 13.9. The van der Waals surface area contributed by atoms with E-state index in [1.165, 1.54) is 10.4 Å². The molecule has 0 N–H and O–H groups in total. The number of ether oxygens (including phenoxy) is 2. The van der Waals surface area contributed by atoms with Crippen LogP contribution in [0.1, 0.15) is 16.0 Å². The van der Waals surface area contributed by atoms with Gasteiger partial charge in [0.15, 0.2) is 0 Å². The minimum absolute atomic E-state index is 0.253. The van der Waals surface area contributed by atoms with Crippen LogP contribution in [-0.2, 0) is 24.3 Å². The quantitative estimate of drug-likeness (QED) is 0.871. The Morgan fingerprint density at radius 3 is 3.14 bits per heavy atom. The number of nitrogens with zero attached hydrogens (tertiary/aromatic N) is 1. The van der Waals surface area contributed by atoms with Gasteiger partial charge in [-0.1, -0.05) is 12.1 Å². The van der Waals surface area contributed by atoms with Crippen molar-refractivity contribution in [3.8, 4) is 5.75 Å². The summed E-state index contributed by atoms with van der Waals surface area (Å²) in [6.45, 7) is 1.65. The van der Waals surface area contributed by atoms with Gasteiger partial charge in [-0.25, -0.2) is 4.79 Å². The fraction of sp³-hybridized carbons (Fsp3) is 0.312. The molecule has 5 heteroatoms. The Morgan fingerprint density at radius 2 is 2.29 bits per heavy atom. The van der Waals surface area contributed by atoms with Crippen LogP contribution in [-0.4, -0.2) is 24.6 Å². The molecule has 1 amide bonds. The van der Waals surface area contributed by atoms with Crippen LogP contribution < -0.4 is 4.74 Å². The van der Waals surface area contributed by atoms with Gasteiger partial charge < -0.3 is 14.4 Å². The molecule has 1 aromatic carbocycles. The molecular weight excluding hydrogens is 286 g/mol. The molecule has 0 unspecified atom stereocenters. The highest BCUT2D eigenvalue weighted by atomic mass is 32.1. The van der Waals surface area contributed by atoms with Crippen molar-refractivity contribution in [3.63, 3.8) is 0 Å². The molecule has 0 fully saturated rings. The number of carbonyl (C=O) groups is 1. The molecule has 1 aliphatic rings. The molecule has 1 aliphatic heterocycles. The van der Waals surface area contributed by atoms with Crippen LogP contribution in [0.5, 0.6) is 5.75 Å². The maximum Gasteiger partial charge on any atom is 0.410 e. The Morgan fingerprint density at radius 1 is 1.38 bits per heavy atom. The molecule has 110 valence electrons. The average Bonchev–Trinajstić information content (AvgIpc) is 3.00. The number of hydrogen-bond acceptors (Lipinski definition) is 4. The maximum atomic E-state index is 12.1. The lowest BCUT2D eigenvalue weighted by Crippen LogP contribution is -2.35. The van der Waals surface area contributed by atoms with E-state index in [-0.39, 0.29) is 12.7 Å². The van der Waals surface area contributed by atoms with Gasteiger partial charge in [0.05, 0.1) is 13.7 Å². The Balaban J connectivity index is 1.57. The van der Waals surface area contributed by atoms with Gasteiger partial charge in [0.25, 0.3) is 0 Å². The fourth-order valence-electron chi connectivity index (χ4n) is 2.39. The van der Waals surface area contributed by atoms with Crippen molar-refractivity contribution in [1.29, 1.82) is 0 Å². The maximum absolute atomic E-state index is 12.1. The topological polar surface area (TPSA) is 38.8 Å². The summed E-state index contributed by atoms with van der Waals surface area (Å²) < 4.78 is 10.6. The third-order valence-electron chi connectivity index (χ3n) is 3.58. The van der Waals surface area contributed by atoms with E-state index in [1.807, 2.05) is 24.3 Å². The third kappa shape index (κ3) is 3.19. The smallest absolute Gasteiger partial charge is 0.410 e. The molecule has 0 saturated carbocycles. The molecule has 2 heterocycles. The van der Waals surface area contributed by atoms with E-state index in [0.29, 0.717) is 6.54 Å². The van der Waals surface area contributed by atoms with Crippen molar-refractivity contribution in [2.24, 2.45) is 0 Å². The Labute approximate surface area is 127 Å². The van der Waals surface area contributed by atoms with Gasteiger partial charge in [-0.05, 0) is 41.1 Å². The van der Waals surface area contributed by atoms with Crippen molar-refractivity contribution < 1.29 is 14.3 Å². The molecule has 0 aliphatic carbocycles. The largest absolute Gasteiger partial charge is 0.497 e.